The third kappa shape index (κ3) is 2.69. The van der Waals surface area contributed by atoms with Crippen molar-refractivity contribution < 1.29 is 9.34 Å². The van der Waals surface area contributed by atoms with Gasteiger partial charge >= 0.3 is 5.69 Å². The zero-order valence-electron chi connectivity index (χ0n) is 11.2. The van der Waals surface area contributed by atoms with Crippen molar-refractivity contribution in [3.63, 3.8) is 0 Å². The second kappa shape index (κ2) is 5.62. The summed E-state index contributed by atoms with van der Waals surface area (Å²) in [4.78, 5) is 14.9. The normalized spacial score (nSPS) is 10.7. The quantitative estimate of drug-likeness (QED) is 0.573. The Labute approximate surface area is 120 Å². The average molecular weight is 283 g/mol. The predicted octanol–water partition coefficient (Wildman–Crippen LogP) is 3.39. The van der Waals surface area contributed by atoms with Gasteiger partial charge in [-0.3, -0.25) is 10.1 Å². The standard InChI is InChI=1S/C15H13N3O3/c19-18(20)14-10-17-13-6-2-1-5-12(13)15(14)16-8-7-11-4-3-9-21-11/h1-6,9-10H,7-8H2,(H,16,17). The van der Waals surface area contributed by atoms with Crippen LogP contribution in [-0.2, 0) is 6.42 Å². The summed E-state index contributed by atoms with van der Waals surface area (Å²) in [6.07, 6.45) is 3.55. The third-order valence-electron chi connectivity index (χ3n) is 3.21. The van der Waals surface area contributed by atoms with Crippen molar-refractivity contribution in [3.05, 3.63) is 64.7 Å². The molecule has 6 nitrogen and oxygen atoms in total. The van der Waals surface area contributed by atoms with Crippen LogP contribution in [0.5, 0.6) is 0 Å². The van der Waals surface area contributed by atoms with Crippen LogP contribution in [0, 0.1) is 10.1 Å². The molecule has 0 amide bonds. The Morgan fingerprint density at radius 1 is 1.24 bits per heavy atom. The number of hydrogen-bond donors (Lipinski definition) is 1. The number of pyridine rings is 1. The van der Waals surface area contributed by atoms with E-state index in [4.69, 9.17) is 4.42 Å². The van der Waals surface area contributed by atoms with Crippen molar-refractivity contribution in [1.82, 2.24) is 4.98 Å². The Hall–Kier alpha value is -2.89. The van der Waals surface area contributed by atoms with Crippen molar-refractivity contribution in [1.29, 1.82) is 0 Å². The zero-order valence-corrected chi connectivity index (χ0v) is 11.2. The molecule has 0 spiro atoms. The fourth-order valence-corrected chi connectivity index (χ4v) is 2.22. The molecule has 0 aliphatic rings. The summed E-state index contributed by atoms with van der Waals surface area (Å²) in [7, 11) is 0. The smallest absolute Gasteiger partial charge is 0.311 e. The van der Waals surface area contributed by atoms with Gasteiger partial charge in [0.15, 0.2) is 0 Å². The van der Waals surface area contributed by atoms with Crippen molar-refractivity contribution >= 4 is 22.3 Å². The van der Waals surface area contributed by atoms with E-state index in [2.05, 4.69) is 10.3 Å². The highest BCUT2D eigenvalue weighted by Gasteiger charge is 2.17. The monoisotopic (exact) mass is 283 g/mol. The van der Waals surface area contributed by atoms with Crippen LogP contribution in [0.25, 0.3) is 10.9 Å². The molecular formula is C15H13N3O3. The molecule has 0 fully saturated rings. The number of nitro groups is 1. The topological polar surface area (TPSA) is 81.2 Å². The molecule has 0 saturated carbocycles. The molecule has 0 saturated heterocycles. The fraction of sp³-hybridized carbons (Fsp3) is 0.133. The highest BCUT2D eigenvalue weighted by atomic mass is 16.6. The lowest BCUT2D eigenvalue weighted by Gasteiger charge is -2.09. The summed E-state index contributed by atoms with van der Waals surface area (Å²) in [6, 6.07) is 11.0. The lowest BCUT2D eigenvalue weighted by atomic mass is 10.1. The van der Waals surface area contributed by atoms with Gasteiger partial charge in [-0.25, -0.2) is 4.98 Å². The van der Waals surface area contributed by atoms with Gasteiger partial charge in [0.25, 0.3) is 0 Å². The van der Waals surface area contributed by atoms with Crippen LogP contribution in [-0.4, -0.2) is 16.5 Å². The van der Waals surface area contributed by atoms with Gasteiger partial charge in [0.05, 0.1) is 16.7 Å². The molecule has 3 rings (SSSR count). The maximum atomic E-state index is 11.2. The largest absolute Gasteiger partial charge is 0.469 e. The maximum Gasteiger partial charge on any atom is 0.311 e. The molecule has 21 heavy (non-hydrogen) atoms. The second-order valence-electron chi connectivity index (χ2n) is 4.55. The van der Waals surface area contributed by atoms with E-state index in [0.717, 1.165) is 16.7 Å². The Morgan fingerprint density at radius 2 is 2.10 bits per heavy atom. The Morgan fingerprint density at radius 3 is 2.86 bits per heavy atom. The molecule has 1 N–H and O–H groups in total. The molecule has 0 aliphatic carbocycles. The number of rotatable bonds is 5. The van der Waals surface area contributed by atoms with Crippen molar-refractivity contribution in [2.75, 3.05) is 11.9 Å². The Balaban J connectivity index is 1.90. The van der Waals surface area contributed by atoms with Gasteiger partial charge in [-0.1, -0.05) is 18.2 Å². The van der Waals surface area contributed by atoms with Crippen LogP contribution in [0.3, 0.4) is 0 Å². The third-order valence-corrected chi connectivity index (χ3v) is 3.21. The lowest BCUT2D eigenvalue weighted by molar-refractivity contribution is -0.384. The molecular weight excluding hydrogens is 270 g/mol. The van der Waals surface area contributed by atoms with Crippen LogP contribution >= 0.6 is 0 Å². The van der Waals surface area contributed by atoms with E-state index in [1.54, 1.807) is 6.26 Å². The Kier molecular flexibility index (Phi) is 3.51. The number of fused-ring (bicyclic) bond motifs is 1. The SMILES string of the molecule is O=[N+]([O-])c1cnc2ccccc2c1NCCc1ccco1. The number of anilines is 1. The minimum absolute atomic E-state index is 0.0202. The van der Waals surface area contributed by atoms with Gasteiger partial charge in [0.1, 0.15) is 17.6 Å². The summed E-state index contributed by atoms with van der Waals surface area (Å²) >= 11 is 0. The molecule has 0 unspecified atom stereocenters. The van der Waals surface area contributed by atoms with Gasteiger partial charge in [-0.2, -0.15) is 0 Å². The molecule has 0 aliphatic heterocycles. The summed E-state index contributed by atoms with van der Waals surface area (Å²) in [5, 5.41) is 15.0. The molecule has 0 radical (unpaired) electrons. The summed E-state index contributed by atoms with van der Waals surface area (Å²) in [6.45, 7) is 0.544. The number of hydrogen-bond acceptors (Lipinski definition) is 5. The second-order valence-corrected chi connectivity index (χ2v) is 4.55. The van der Waals surface area contributed by atoms with E-state index >= 15 is 0 Å². The molecule has 1 aromatic carbocycles. The average Bonchev–Trinajstić information content (AvgIpc) is 3.00. The van der Waals surface area contributed by atoms with E-state index in [1.165, 1.54) is 6.20 Å². The fourth-order valence-electron chi connectivity index (χ4n) is 2.22. The van der Waals surface area contributed by atoms with E-state index in [0.29, 0.717) is 18.7 Å². The number of nitrogens with one attached hydrogen (secondary N) is 1. The molecule has 106 valence electrons. The number of benzene rings is 1. The van der Waals surface area contributed by atoms with E-state index in [9.17, 15) is 10.1 Å². The molecule has 3 aromatic rings. The Bertz CT molecular complexity index is 769. The number of nitrogens with zero attached hydrogens (tertiary/aromatic N) is 2. The molecule has 6 heteroatoms. The first-order valence-electron chi connectivity index (χ1n) is 6.54. The van der Waals surface area contributed by atoms with E-state index in [1.807, 2.05) is 36.4 Å². The van der Waals surface area contributed by atoms with Crippen LogP contribution in [0.2, 0.25) is 0 Å². The minimum atomic E-state index is -0.422. The maximum absolute atomic E-state index is 11.2. The van der Waals surface area contributed by atoms with Crippen molar-refractivity contribution in [2.24, 2.45) is 0 Å². The van der Waals surface area contributed by atoms with Crippen LogP contribution in [0.4, 0.5) is 11.4 Å². The van der Waals surface area contributed by atoms with Crippen LogP contribution in [0.15, 0.2) is 53.3 Å². The van der Waals surface area contributed by atoms with Gasteiger partial charge in [0.2, 0.25) is 0 Å². The lowest BCUT2D eigenvalue weighted by Crippen LogP contribution is -2.07. The highest BCUT2D eigenvalue weighted by molar-refractivity contribution is 5.95. The molecule has 0 atom stereocenters. The van der Waals surface area contributed by atoms with Gasteiger partial charge in [-0.05, 0) is 18.2 Å². The number of aromatic nitrogens is 1. The van der Waals surface area contributed by atoms with Crippen LogP contribution in [0.1, 0.15) is 5.76 Å². The summed E-state index contributed by atoms with van der Waals surface area (Å²) in [5.74, 6) is 0.837. The van der Waals surface area contributed by atoms with E-state index in [-0.39, 0.29) is 5.69 Å². The van der Waals surface area contributed by atoms with E-state index < -0.39 is 4.92 Å². The van der Waals surface area contributed by atoms with Crippen molar-refractivity contribution in [3.8, 4) is 0 Å². The highest BCUT2D eigenvalue weighted by Crippen LogP contribution is 2.31. The molecule has 2 aromatic heterocycles. The first-order chi connectivity index (χ1) is 10.3. The zero-order chi connectivity index (χ0) is 14.7. The summed E-state index contributed by atoms with van der Waals surface area (Å²) in [5.41, 5.74) is 1.20. The summed E-state index contributed by atoms with van der Waals surface area (Å²) < 4.78 is 5.25. The van der Waals surface area contributed by atoms with Crippen molar-refractivity contribution in [2.45, 2.75) is 6.42 Å². The number of para-hydroxylation sites is 1. The first-order valence-corrected chi connectivity index (χ1v) is 6.54. The van der Waals surface area contributed by atoms with Gasteiger partial charge < -0.3 is 9.73 Å². The minimum Gasteiger partial charge on any atom is -0.469 e. The number of furan rings is 1. The van der Waals surface area contributed by atoms with Gasteiger partial charge in [-0.15, -0.1) is 0 Å². The van der Waals surface area contributed by atoms with Crippen LogP contribution < -0.4 is 5.32 Å². The first kappa shape index (κ1) is 13.1. The molecule has 2 heterocycles. The van der Waals surface area contributed by atoms with Gasteiger partial charge in [0, 0.05) is 18.4 Å². The molecule has 0 bridgehead atoms. The predicted molar refractivity (Wildman–Crippen MR) is 79.3 cm³/mol.